The van der Waals surface area contributed by atoms with Crippen LogP contribution in [0.1, 0.15) is 63.7 Å². The molecule has 3 aromatic rings. The Hall–Kier alpha value is -3.86. The second-order valence-electron chi connectivity index (χ2n) is 11.8. The number of carbonyl (C=O) groups excluding carboxylic acids is 1. The van der Waals surface area contributed by atoms with Gasteiger partial charge in [-0.3, -0.25) is 14.9 Å². The maximum atomic E-state index is 15.7. The van der Waals surface area contributed by atoms with Crippen LogP contribution in [-0.4, -0.2) is 33.2 Å². The number of nitrogens with zero attached hydrogens (tertiary/aromatic N) is 3. The van der Waals surface area contributed by atoms with E-state index in [0.29, 0.717) is 17.0 Å². The van der Waals surface area contributed by atoms with E-state index in [1.807, 2.05) is 39.0 Å². The fourth-order valence-corrected chi connectivity index (χ4v) is 6.13. The molecule has 0 amide bonds. The Balaban J connectivity index is 1.52. The Labute approximate surface area is 227 Å². The number of benzene rings is 1. The maximum absolute atomic E-state index is 15.7. The number of alkyl halides is 2. The van der Waals surface area contributed by atoms with Crippen molar-refractivity contribution in [2.24, 2.45) is 17.8 Å². The molecule has 2 aromatic heterocycles. The van der Waals surface area contributed by atoms with Crippen LogP contribution in [0.15, 0.2) is 54.7 Å². The summed E-state index contributed by atoms with van der Waals surface area (Å²) >= 11 is 0. The summed E-state index contributed by atoms with van der Waals surface area (Å²) < 4.78 is 37.0. The summed E-state index contributed by atoms with van der Waals surface area (Å²) in [6, 6.07) is 14.8. The minimum absolute atomic E-state index is 0.291. The molecular formula is C31H32F2N4O2. The Bertz CT molecular complexity index is 1460. The van der Waals surface area contributed by atoms with Gasteiger partial charge in [-0.1, -0.05) is 58.0 Å². The van der Waals surface area contributed by atoms with Gasteiger partial charge in [0.25, 0.3) is 5.92 Å². The van der Waals surface area contributed by atoms with E-state index in [1.165, 1.54) is 6.92 Å². The zero-order chi connectivity index (χ0) is 28.2. The lowest BCUT2D eigenvalue weighted by molar-refractivity contribution is -0.157. The second-order valence-corrected chi connectivity index (χ2v) is 11.8. The van der Waals surface area contributed by atoms with Gasteiger partial charge in [-0.2, -0.15) is 10.4 Å². The van der Waals surface area contributed by atoms with Gasteiger partial charge in [-0.05, 0) is 37.1 Å². The first-order valence-corrected chi connectivity index (χ1v) is 13.2. The number of halogens is 2. The summed E-state index contributed by atoms with van der Waals surface area (Å²) in [5, 5.41) is 16.8. The molecule has 3 heterocycles. The average molecular weight is 531 g/mol. The number of nitrogens with one attached hydrogen (secondary N) is 1. The number of hydrogen-bond donors (Lipinski definition) is 1. The molecule has 8 heteroatoms. The molecular weight excluding hydrogens is 498 g/mol. The van der Waals surface area contributed by atoms with Crippen molar-refractivity contribution in [2.75, 3.05) is 0 Å². The van der Waals surface area contributed by atoms with E-state index < -0.39 is 47.6 Å². The van der Waals surface area contributed by atoms with Crippen molar-refractivity contribution in [3.05, 3.63) is 77.4 Å². The Morgan fingerprint density at radius 2 is 1.92 bits per heavy atom. The van der Waals surface area contributed by atoms with Crippen LogP contribution >= 0.6 is 0 Å². The number of cyclic esters (lactones) is 1. The number of esters is 1. The Morgan fingerprint density at radius 1 is 1.18 bits per heavy atom. The summed E-state index contributed by atoms with van der Waals surface area (Å²) in [7, 11) is 0. The second kappa shape index (κ2) is 9.41. The van der Waals surface area contributed by atoms with Gasteiger partial charge in [0.2, 0.25) is 0 Å². The minimum atomic E-state index is -3.12. The van der Waals surface area contributed by atoms with E-state index in [9.17, 15) is 10.1 Å². The molecule has 1 saturated carbocycles. The van der Waals surface area contributed by atoms with Crippen LogP contribution in [0.3, 0.4) is 0 Å². The number of aromatic amines is 1. The lowest BCUT2D eigenvalue weighted by Gasteiger charge is -2.47. The number of aromatic nitrogens is 3. The van der Waals surface area contributed by atoms with Crippen LogP contribution in [0.25, 0.3) is 17.2 Å². The van der Waals surface area contributed by atoms with E-state index in [2.05, 4.69) is 21.3 Å². The van der Waals surface area contributed by atoms with Crippen molar-refractivity contribution >= 4 is 12.0 Å². The average Bonchev–Trinajstić information content (AvgIpc) is 3.49. The highest BCUT2D eigenvalue weighted by atomic mass is 19.3. The van der Waals surface area contributed by atoms with Gasteiger partial charge in [0, 0.05) is 46.7 Å². The van der Waals surface area contributed by atoms with Gasteiger partial charge in [0.1, 0.15) is 11.5 Å². The van der Waals surface area contributed by atoms with E-state index in [0.717, 1.165) is 16.8 Å². The van der Waals surface area contributed by atoms with Gasteiger partial charge in [-0.15, -0.1) is 0 Å². The summed E-state index contributed by atoms with van der Waals surface area (Å²) in [6.45, 7) is 9.30. The molecule has 1 aliphatic heterocycles. The van der Waals surface area contributed by atoms with Gasteiger partial charge < -0.3 is 4.74 Å². The molecule has 0 unspecified atom stereocenters. The summed E-state index contributed by atoms with van der Waals surface area (Å²) in [4.78, 5) is 17.9. The third-order valence-electron chi connectivity index (χ3n) is 8.38. The fourth-order valence-electron chi connectivity index (χ4n) is 6.13. The minimum Gasteiger partial charge on any atom is -0.462 e. The standard InChI is InChI=1S/C31H32F2N4O2/c1-18-23(13-12-22-11-10-21(16-35-22)24-9-7-6-8-20(24)15-34)27-19(2)39-28(38)30(27,17-31(18,32)33)26-14-25(36-37-26)29(3,4)5/h6-14,16,18-19,23,27H,17H2,1-5H3,(H,36,37)/b13-12+/t18-,19+,23-,27-,30-/m0/s1. The molecule has 1 aromatic carbocycles. The number of fused-ring (bicyclic) bond motifs is 1. The SMILES string of the molecule is C[C@H]1OC(=O)[C@]2(c3cc(C(C)(C)C)[nH]n3)CC(F)(F)[C@@H](C)[C@H](/C=C/c3ccc(-c4ccccc4C#N)cn3)[C@H]12. The van der Waals surface area contributed by atoms with E-state index in [4.69, 9.17) is 4.74 Å². The molecule has 2 fully saturated rings. The zero-order valence-corrected chi connectivity index (χ0v) is 22.7. The van der Waals surface area contributed by atoms with Crippen molar-refractivity contribution in [1.29, 1.82) is 5.26 Å². The first kappa shape index (κ1) is 26.7. The number of rotatable bonds is 4. The quantitative estimate of drug-likeness (QED) is 0.392. The van der Waals surface area contributed by atoms with Gasteiger partial charge >= 0.3 is 5.97 Å². The largest absolute Gasteiger partial charge is 0.462 e. The third-order valence-corrected chi connectivity index (χ3v) is 8.38. The molecule has 0 radical (unpaired) electrons. The number of H-pyrrole nitrogens is 1. The number of carbonyl (C=O) groups is 1. The van der Waals surface area contributed by atoms with Gasteiger partial charge in [0.05, 0.1) is 23.0 Å². The van der Waals surface area contributed by atoms with Crippen LogP contribution in [-0.2, 0) is 20.4 Å². The van der Waals surface area contributed by atoms with Crippen LogP contribution in [0.5, 0.6) is 0 Å². The predicted molar refractivity (Wildman–Crippen MR) is 144 cm³/mol. The normalized spacial score (nSPS) is 28.2. The molecule has 1 saturated heterocycles. The number of pyridine rings is 1. The number of hydrogen-bond acceptors (Lipinski definition) is 5. The molecule has 1 N–H and O–H groups in total. The highest BCUT2D eigenvalue weighted by Crippen LogP contribution is 2.60. The maximum Gasteiger partial charge on any atom is 0.319 e. The molecule has 5 rings (SSSR count). The van der Waals surface area contributed by atoms with Crippen LogP contribution < -0.4 is 0 Å². The third kappa shape index (κ3) is 4.44. The Kier molecular flexibility index (Phi) is 6.45. The highest BCUT2D eigenvalue weighted by molar-refractivity contribution is 5.86. The van der Waals surface area contributed by atoms with E-state index >= 15 is 8.78 Å². The first-order valence-electron chi connectivity index (χ1n) is 13.2. The van der Waals surface area contributed by atoms with Crippen LogP contribution in [0.4, 0.5) is 8.78 Å². The van der Waals surface area contributed by atoms with Crippen LogP contribution in [0, 0.1) is 29.1 Å². The van der Waals surface area contributed by atoms with E-state index in [1.54, 1.807) is 49.5 Å². The molecule has 5 atom stereocenters. The summed E-state index contributed by atoms with van der Waals surface area (Å²) in [6.07, 6.45) is 3.95. The predicted octanol–water partition coefficient (Wildman–Crippen LogP) is 6.44. The molecule has 0 spiro atoms. The van der Waals surface area contributed by atoms with E-state index in [-0.39, 0.29) is 5.41 Å². The smallest absolute Gasteiger partial charge is 0.319 e. The van der Waals surface area contributed by atoms with Crippen molar-refractivity contribution in [3.63, 3.8) is 0 Å². The number of nitriles is 1. The number of allylic oxidation sites excluding steroid dienone is 1. The topological polar surface area (TPSA) is 91.7 Å². The lowest BCUT2D eigenvalue weighted by Crippen LogP contribution is -2.56. The molecule has 0 bridgehead atoms. The molecule has 6 nitrogen and oxygen atoms in total. The molecule has 39 heavy (non-hydrogen) atoms. The first-order chi connectivity index (χ1) is 18.4. The highest BCUT2D eigenvalue weighted by Gasteiger charge is 2.69. The lowest BCUT2D eigenvalue weighted by atomic mass is 9.55. The van der Waals surface area contributed by atoms with Crippen LogP contribution in [0.2, 0.25) is 0 Å². The summed E-state index contributed by atoms with van der Waals surface area (Å²) in [5.74, 6) is -5.96. The van der Waals surface area contributed by atoms with Gasteiger partial charge in [0.15, 0.2) is 0 Å². The summed E-state index contributed by atoms with van der Waals surface area (Å²) in [5.41, 5.74) is 1.95. The number of ether oxygens (including phenoxy) is 1. The zero-order valence-electron chi connectivity index (χ0n) is 22.7. The molecule has 2 aliphatic rings. The fraction of sp³-hybridized carbons (Fsp3) is 0.419. The van der Waals surface area contributed by atoms with Crippen molar-refractivity contribution < 1.29 is 18.3 Å². The molecule has 202 valence electrons. The van der Waals surface area contributed by atoms with Crippen molar-refractivity contribution in [3.8, 4) is 17.2 Å². The monoisotopic (exact) mass is 530 g/mol. The molecule has 1 aliphatic carbocycles. The Morgan fingerprint density at radius 3 is 2.56 bits per heavy atom. The van der Waals surface area contributed by atoms with Crippen molar-refractivity contribution in [1.82, 2.24) is 15.2 Å². The van der Waals surface area contributed by atoms with Crippen molar-refractivity contribution in [2.45, 2.75) is 63.9 Å². The van der Waals surface area contributed by atoms with Gasteiger partial charge in [-0.25, -0.2) is 8.78 Å².